The van der Waals surface area contributed by atoms with Crippen LogP contribution in [-0.2, 0) is 6.61 Å². The molecule has 0 aliphatic heterocycles. The van der Waals surface area contributed by atoms with Crippen LogP contribution >= 0.6 is 11.6 Å². The SMILES string of the molecule is COc1cc(C=Nc2ccc(C)cc2)ccc1OCc1ccc(Cl)cc1. The fraction of sp³-hybridized carbons (Fsp3) is 0.136. The van der Waals surface area contributed by atoms with Gasteiger partial charge in [0.2, 0.25) is 0 Å². The fourth-order valence-electron chi connectivity index (χ4n) is 2.41. The number of hydrogen-bond acceptors (Lipinski definition) is 3. The van der Waals surface area contributed by atoms with Gasteiger partial charge in [-0.1, -0.05) is 41.4 Å². The molecular formula is C22H20ClNO2. The quantitative estimate of drug-likeness (QED) is 0.502. The maximum absolute atomic E-state index is 5.90. The third-order valence-corrected chi connectivity index (χ3v) is 4.14. The third-order valence-electron chi connectivity index (χ3n) is 3.89. The predicted octanol–water partition coefficient (Wildman–Crippen LogP) is 5.99. The van der Waals surface area contributed by atoms with E-state index in [4.69, 9.17) is 21.1 Å². The van der Waals surface area contributed by atoms with Gasteiger partial charge in [-0.2, -0.15) is 0 Å². The number of nitrogens with zero attached hydrogens (tertiary/aromatic N) is 1. The van der Waals surface area contributed by atoms with Crippen LogP contribution in [0.25, 0.3) is 0 Å². The van der Waals surface area contributed by atoms with E-state index in [1.807, 2.05) is 72.9 Å². The molecule has 0 aliphatic rings. The Hall–Kier alpha value is -2.78. The monoisotopic (exact) mass is 365 g/mol. The zero-order chi connectivity index (χ0) is 18.4. The minimum Gasteiger partial charge on any atom is -0.493 e. The Balaban J connectivity index is 1.70. The average Bonchev–Trinajstić information content (AvgIpc) is 2.67. The minimum atomic E-state index is 0.449. The largest absolute Gasteiger partial charge is 0.493 e. The second kappa shape index (κ2) is 8.54. The number of hydrogen-bond donors (Lipinski definition) is 0. The van der Waals surface area contributed by atoms with Crippen LogP contribution < -0.4 is 9.47 Å². The Bertz CT molecular complexity index is 887. The van der Waals surface area contributed by atoms with Crippen molar-refractivity contribution in [1.29, 1.82) is 0 Å². The topological polar surface area (TPSA) is 30.8 Å². The van der Waals surface area contributed by atoms with E-state index < -0.39 is 0 Å². The highest BCUT2D eigenvalue weighted by molar-refractivity contribution is 6.30. The van der Waals surface area contributed by atoms with Crippen LogP contribution in [0.5, 0.6) is 11.5 Å². The summed E-state index contributed by atoms with van der Waals surface area (Å²) in [4.78, 5) is 4.49. The van der Waals surface area contributed by atoms with E-state index in [0.717, 1.165) is 16.8 Å². The van der Waals surface area contributed by atoms with E-state index in [1.165, 1.54) is 5.56 Å². The number of ether oxygens (including phenoxy) is 2. The first-order valence-corrected chi connectivity index (χ1v) is 8.68. The zero-order valence-electron chi connectivity index (χ0n) is 14.8. The lowest BCUT2D eigenvalue weighted by Gasteiger charge is -2.11. The van der Waals surface area contributed by atoms with Crippen molar-refractivity contribution in [3.05, 3.63) is 88.4 Å². The van der Waals surface area contributed by atoms with Crippen LogP contribution in [0.2, 0.25) is 5.02 Å². The highest BCUT2D eigenvalue weighted by Gasteiger charge is 2.06. The smallest absolute Gasteiger partial charge is 0.161 e. The van der Waals surface area contributed by atoms with E-state index in [1.54, 1.807) is 7.11 Å². The summed E-state index contributed by atoms with van der Waals surface area (Å²) in [5.74, 6) is 1.36. The average molecular weight is 366 g/mol. The predicted molar refractivity (Wildman–Crippen MR) is 107 cm³/mol. The molecule has 4 heteroatoms. The van der Waals surface area contributed by atoms with Gasteiger partial charge in [-0.25, -0.2) is 0 Å². The van der Waals surface area contributed by atoms with Gasteiger partial charge in [-0.15, -0.1) is 0 Å². The molecule has 132 valence electrons. The van der Waals surface area contributed by atoms with E-state index in [2.05, 4.69) is 11.9 Å². The van der Waals surface area contributed by atoms with Gasteiger partial charge in [0.15, 0.2) is 11.5 Å². The summed E-state index contributed by atoms with van der Waals surface area (Å²) in [5, 5.41) is 0.712. The van der Waals surface area contributed by atoms with Crippen LogP contribution in [-0.4, -0.2) is 13.3 Å². The van der Waals surface area contributed by atoms with Gasteiger partial charge in [0, 0.05) is 11.2 Å². The number of halogens is 1. The highest BCUT2D eigenvalue weighted by atomic mass is 35.5. The van der Waals surface area contributed by atoms with Crippen molar-refractivity contribution in [3.63, 3.8) is 0 Å². The molecule has 3 aromatic carbocycles. The molecule has 26 heavy (non-hydrogen) atoms. The van der Waals surface area contributed by atoms with Gasteiger partial charge in [0.25, 0.3) is 0 Å². The first-order valence-electron chi connectivity index (χ1n) is 8.30. The second-order valence-corrected chi connectivity index (χ2v) is 6.36. The van der Waals surface area contributed by atoms with E-state index in [9.17, 15) is 0 Å². The summed E-state index contributed by atoms with van der Waals surface area (Å²) in [7, 11) is 1.63. The van der Waals surface area contributed by atoms with E-state index >= 15 is 0 Å². The molecule has 0 spiro atoms. The van der Waals surface area contributed by atoms with Crippen molar-refractivity contribution in [3.8, 4) is 11.5 Å². The summed E-state index contributed by atoms with van der Waals surface area (Å²) in [6.45, 7) is 2.51. The zero-order valence-corrected chi connectivity index (χ0v) is 15.5. The normalized spacial score (nSPS) is 10.9. The Kier molecular flexibility index (Phi) is 5.92. The molecule has 0 fully saturated rings. The van der Waals surface area contributed by atoms with Gasteiger partial charge in [0.1, 0.15) is 6.61 Å². The maximum atomic E-state index is 5.90. The second-order valence-electron chi connectivity index (χ2n) is 5.92. The van der Waals surface area contributed by atoms with Crippen LogP contribution in [0.3, 0.4) is 0 Å². The van der Waals surface area contributed by atoms with Gasteiger partial charge in [-0.3, -0.25) is 4.99 Å². The number of benzene rings is 3. The van der Waals surface area contributed by atoms with Crippen molar-refractivity contribution in [1.82, 2.24) is 0 Å². The number of aliphatic imine (C=N–C) groups is 1. The maximum Gasteiger partial charge on any atom is 0.161 e. The van der Waals surface area contributed by atoms with Gasteiger partial charge in [0.05, 0.1) is 12.8 Å². The van der Waals surface area contributed by atoms with Crippen molar-refractivity contribution >= 4 is 23.5 Å². The lowest BCUT2D eigenvalue weighted by Crippen LogP contribution is -1.98. The Morgan fingerprint density at radius 1 is 0.923 bits per heavy atom. The fourth-order valence-corrected chi connectivity index (χ4v) is 2.53. The molecule has 3 nitrogen and oxygen atoms in total. The Morgan fingerprint density at radius 2 is 1.65 bits per heavy atom. The molecule has 0 saturated heterocycles. The number of aryl methyl sites for hydroxylation is 1. The van der Waals surface area contributed by atoms with Crippen LogP contribution in [0.1, 0.15) is 16.7 Å². The first kappa shape index (κ1) is 18.0. The highest BCUT2D eigenvalue weighted by Crippen LogP contribution is 2.28. The number of rotatable bonds is 6. The Morgan fingerprint density at radius 3 is 2.35 bits per heavy atom. The molecule has 0 atom stereocenters. The minimum absolute atomic E-state index is 0.449. The molecule has 0 unspecified atom stereocenters. The summed E-state index contributed by atoms with van der Waals surface area (Å²) in [6.07, 6.45) is 1.82. The molecular weight excluding hydrogens is 346 g/mol. The summed E-state index contributed by atoms with van der Waals surface area (Å²) in [5.41, 5.74) is 4.12. The molecule has 0 N–H and O–H groups in total. The summed E-state index contributed by atoms with van der Waals surface area (Å²) in [6, 6.07) is 21.4. The molecule has 3 aromatic rings. The molecule has 0 radical (unpaired) electrons. The van der Waals surface area contributed by atoms with Crippen molar-refractivity contribution in [2.45, 2.75) is 13.5 Å². The van der Waals surface area contributed by atoms with Crippen LogP contribution in [0, 0.1) is 6.92 Å². The van der Waals surface area contributed by atoms with Gasteiger partial charge < -0.3 is 9.47 Å². The van der Waals surface area contributed by atoms with Crippen molar-refractivity contribution in [2.75, 3.05) is 7.11 Å². The molecule has 0 saturated carbocycles. The summed E-state index contributed by atoms with van der Waals surface area (Å²) >= 11 is 5.90. The lowest BCUT2D eigenvalue weighted by molar-refractivity contribution is 0.284. The van der Waals surface area contributed by atoms with Crippen molar-refractivity contribution in [2.24, 2.45) is 4.99 Å². The summed E-state index contributed by atoms with van der Waals surface area (Å²) < 4.78 is 11.3. The van der Waals surface area contributed by atoms with E-state index in [0.29, 0.717) is 23.1 Å². The van der Waals surface area contributed by atoms with Gasteiger partial charge >= 0.3 is 0 Å². The van der Waals surface area contributed by atoms with Crippen LogP contribution in [0.4, 0.5) is 5.69 Å². The van der Waals surface area contributed by atoms with Crippen LogP contribution in [0.15, 0.2) is 71.7 Å². The van der Waals surface area contributed by atoms with E-state index in [-0.39, 0.29) is 0 Å². The molecule has 0 amide bonds. The van der Waals surface area contributed by atoms with Gasteiger partial charge in [-0.05, 0) is 60.5 Å². The molecule has 0 aromatic heterocycles. The standard InChI is InChI=1S/C22H20ClNO2/c1-16-3-10-20(11-4-16)24-14-18-7-12-21(22(13-18)25-2)26-15-17-5-8-19(23)9-6-17/h3-14H,15H2,1-2H3. The third kappa shape index (κ3) is 4.87. The first-order chi connectivity index (χ1) is 12.6. The number of methoxy groups -OCH3 is 1. The molecule has 0 bridgehead atoms. The molecule has 0 heterocycles. The lowest BCUT2D eigenvalue weighted by atomic mass is 10.2. The molecule has 0 aliphatic carbocycles. The Labute approximate surface area is 158 Å². The van der Waals surface area contributed by atoms with Crippen molar-refractivity contribution < 1.29 is 9.47 Å². The molecule has 3 rings (SSSR count).